The zero-order valence-electron chi connectivity index (χ0n) is 19.9. The number of amides is 2. The number of benzene rings is 1. The quantitative estimate of drug-likeness (QED) is 0.361. The van der Waals surface area contributed by atoms with E-state index in [0.29, 0.717) is 15.7 Å². The summed E-state index contributed by atoms with van der Waals surface area (Å²) in [6.07, 6.45) is 1.17. The predicted molar refractivity (Wildman–Crippen MR) is 142 cm³/mol. The van der Waals surface area contributed by atoms with E-state index in [1.807, 2.05) is 7.05 Å². The lowest BCUT2D eigenvalue weighted by molar-refractivity contribution is -0.124. The van der Waals surface area contributed by atoms with E-state index in [9.17, 15) is 14.4 Å². The Kier molecular flexibility index (Phi) is 7.45. The maximum Gasteiger partial charge on any atom is 0.280 e. The van der Waals surface area contributed by atoms with E-state index >= 15 is 0 Å². The van der Waals surface area contributed by atoms with Gasteiger partial charge in [0.05, 0.1) is 17.4 Å². The van der Waals surface area contributed by atoms with Crippen LogP contribution in [-0.2, 0) is 17.8 Å². The van der Waals surface area contributed by atoms with Crippen molar-refractivity contribution >= 4 is 63.8 Å². The van der Waals surface area contributed by atoms with Crippen LogP contribution in [0.25, 0.3) is 10.9 Å². The molecule has 0 spiro atoms. The van der Waals surface area contributed by atoms with Gasteiger partial charge in [-0.2, -0.15) is 0 Å². The summed E-state index contributed by atoms with van der Waals surface area (Å²) in [6.45, 7) is 1.65. The molecule has 9 nitrogen and oxygen atoms in total. The molecule has 1 saturated carbocycles. The fourth-order valence-electron chi connectivity index (χ4n) is 5.09. The molecule has 1 aromatic carbocycles. The van der Waals surface area contributed by atoms with Crippen LogP contribution in [0.3, 0.4) is 0 Å². The summed E-state index contributed by atoms with van der Waals surface area (Å²) in [5.41, 5.74) is 7.29. The number of nitrogens with one attached hydrogen (secondary N) is 3. The largest absolute Gasteiger partial charge is 0.359 e. The molecule has 3 unspecified atom stereocenters. The number of thiazole rings is 1. The van der Waals surface area contributed by atoms with Crippen molar-refractivity contribution in [3.05, 3.63) is 50.6 Å². The fourth-order valence-corrected chi connectivity index (χ4v) is 6.36. The molecule has 3 aromatic rings. The Morgan fingerprint density at radius 1 is 1.31 bits per heavy atom. The van der Waals surface area contributed by atoms with E-state index in [1.165, 1.54) is 11.3 Å². The zero-order chi connectivity index (χ0) is 24.9. The number of likely N-dealkylation sites (N-methyl/N-ethyl adjacent to an activating group) is 1. The Morgan fingerprint density at radius 2 is 2.08 bits per heavy atom. The molecule has 3 heterocycles. The van der Waals surface area contributed by atoms with Crippen molar-refractivity contribution in [2.75, 3.05) is 20.6 Å². The molecule has 36 heavy (non-hydrogen) atoms. The molecular formula is C24H28Cl2N6O3S. The summed E-state index contributed by atoms with van der Waals surface area (Å²) in [5, 5.41) is 7.27. The van der Waals surface area contributed by atoms with Crippen LogP contribution in [0.15, 0.2) is 24.3 Å². The average Bonchev–Trinajstić information content (AvgIpc) is 3.53. The first kappa shape index (κ1) is 26.6. The summed E-state index contributed by atoms with van der Waals surface area (Å²) < 4.78 is 0. The third-order valence-corrected chi connectivity index (χ3v) is 8.33. The van der Waals surface area contributed by atoms with E-state index in [-0.39, 0.29) is 42.8 Å². The standard InChI is InChI=1S/C24H27ClN6O3S.ClH/c1-27-21(33)13-9-19(30-22(34)23-29-16-5-6-31(2)11-18(16)35-23)24(26,10-13)20(32)17-8-12-7-14(25)3-4-15(12)28-17;/h3-4,7-8,13,19,28H,5-6,9-11,26H2,1-2H3,(H,27,33)(H,30,34);1H. The van der Waals surface area contributed by atoms with E-state index in [0.717, 1.165) is 41.0 Å². The van der Waals surface area contributed by atoms with Crippen LogP contribution in [-0.4, -0.2) is 64.7 Å². The summed E-state index contributed by atoms with van der Waals surface area (Å²) >= 11 is 7.46. The van der Waals surface area contributed by atoms with E-state index < -0.39 is 17.5 Å². The smallest absolute Gasteiger partial charge is 0.280 e. The molecule has 5 N–H and O–H groups in total. The van der Waals surface area contributed by atoms with Crippen molar-refractivity contribution in [2.24, 2.45) is 11.7 Å². The number of halogens is 2. The Balaban J connectivity index is 0.00000304. The van der Waals surface area contributed by atoms with Gasteiger partial charge in [0.25, 0.3) is 5.91 Å². The molecular weight excluding hydrogens is 523 g/mol. The highest BCUT2D eigenvalue weighted by Crippen LogP contribution is 2.37. The van der Waals surface area contributed by atoms with Crippen molar-refractivity contribution in [2.45, 2.75) is 37.4 Å². The maximum absolute atomic E-state index is 13.7. The fraction of sp³-hybridized carbons (Fsp3) is 0.417. The van der Waals surface area contributed by atoms with Gasteiger partial charge >= 0.3 is 0 Å². The third-order valence-electron chi connectivity index (χ3n) is 7.02. The van der Waals surface area contributed by atoms with Gasteiger partial charge in [-0.25, -0.2) is 4.98 Å². The monoisotopic (exact) mass is 550 g/mol. The normalized spacial score (nSPS) is 23.7. The molecule has 192 valence electrons. The summed E-state index contributed by atoms with van der Waals surface area (Å²) in [7, 11) is 3.58. The first-order chi connectivity index (χ1) is 16.7. The number of hydrogen-bond acceptors (Lipinski definition) is 7. The lowest BCUT2D eigenvalue weighted by Gasteiger charge is -2.29. The van der Waals surface area contributed by atoms with Gasteiger partial charge in [0.15, 0.2) is 5.01 Å². The number of fused-ring (bicyclic) bond motifs is 2. The number of hydrogen-bond donors (Lipinski definition) is 4. The van der Waals surface area contributed by atoms with Crippen LogP contribution in [0.5, 0.6) is 0 Å². The van der Waals surface area contributed by atoms with Gasteiger partial charge in [-0.3, -0.25) is 14.4 Å². The van der Waals surface area contributed by atoms with Crippen molar-refractivity contribution in [1.82, 2.24) is 25.5 Å². The number of Topliss-reactive ketones (excluding diaryl/α,β-unsaturated/α-hetero) is 1. The lowest BCUT2D eigenvalue weighted by atomic mass is 9.86. The van der Waals surface area contributed by atoms with Crippen molar-refractivity contribution < 1.29 is 14.4 Å². The summed E-state index contributed by atoms with van der Waals surface area (Å²) in [6, 6.07) is 6.26. The van der Waals surface area contributed by atoms with Crippen molar-refractivity contribution in [3.8, 4) is 0 Å². The molecule has 3 atom stereocenters. The average molecular weight is 552 g/mol. The molecule has 1 fully saturated rings. The van der Waals surface area contributed by atoms with Gasteiger partial charge < -0.3 is 26.3 Å². The summed E-state index contributed by atoms with van der Waals surface area (Å²) in [4.78, 5) is 50.3. The van der Waals surface area contributed by atoms with Crippen LogP contribution >= 0.6 is 35.3 Å². The minimum absolute atomic E-state index is 0. The Bertz CT molecular complexity index is 1340. The Hall–Kier alpha value is -2.50. The number of nitrogens with zero attached hydrogens (tertiary/aromatic N) is 2. The highest BCUT2D eigenvalue weighted by atomic mass is 35.5. The molecule has 0 saturated heterocycles. The number of ketones is 1. The van der Waals surface area contributed by atoms with Crippen molar-refractivity contribution in [1.29, 1.82) is 0 Å². The maximum atomic E-state index is 13.7. The number of H-pyrrole nitrogens is 1. The van der Waals surface area contributed by atoms with Gasteiger partial charge in [0.2, 0.25) is 11.7 Å². The Morgan fingerprint density at radius 3 is 2.83 bits per heavy atom. The molecule has 0 bridgehead atoms. The number of carbonyl (C=O) groups is 3. The van der Waals surface area contributed by atoms with Crippen LogP contribution in [0, 0.1) is 5.92 Å². The second-order valence-corrected chi connectivity index (χ2v) is 11.0. The van der Waals surface area contributed by atoms with Crippen LogP contribution in [0.2, 0.25) is 5.02 Å². The molecule has 2 aliphatic rings. The van der Waals surface area contributed by atoms with Gasteiger partial charge in [0, 0.05) is 53.3 Å². The molecule has 2 amide bonds. The lowest BCUT2D eigenvalue weighted by Crippen LogP contribution is -2.60. The molecule has 1 aliphatic carbocycles. The molecule has 0 radical (unpaired) electrons. The topological polar surface area (TPSA) is 133 Å². The zero-order valence-corrected chi connectivity index (χ0v) is 22.3. The highest BCUT2D eigenvalue weighted by molar-refractivity contribution is 7.13. The second kappa shape index (κ2) is 10.1. The molecule has 2 aromatic heterocycles. The Labute approximate surface area is 223 Å². The first-order valence-electron chi connectivity index (χ1n) is 11.5. The number of carbonyl (C=O) groups excluding carboxylic acids is 3. The predicted octanol–water partition coefficient (Wildman–Crippen LogP) is 2.52. The number of rotatable bonds is 5. The van der Waals surface area contributed by atoms with E-state index in [2.05, 4.69) is 25.5 Å². The molecule has 1 aliphatic heterocycles. The van der Waals surface area contributed by atoms with Crippen LogP contribution < -0.4 is 16.4 Å². The SMILES string of the molecule is CNC(=O)C1CC(NC(=O)c2nc3c(s2)CN(C)CC3)C(N)(C(=O)c2cc3cc(Cl)ccc3[nH]2)C1.Cl. The number of aromatic amines is 1. The second-order valence-electron chi connectivity index (χ2n) is 9.44. The van der Waals surface area contributed by atoms with Crippen molar-refractivity contribution in [3.63, 3.8) is 0 Å². The first-order valence-corrected chi connectivity index (χ1v) is 12.7. The van der Waals surface area contributed by atoms with Crippen LogP contribution in [0.1, 0.15) is 43.7 Å². The van der Waals surface area contributed by atoms with Gasteiger partial charge in [-0.1, -0.05) is 11.6 Å². The molecule has 12 heteroatoms. The van der Waals surface area contributed by atoms with Crippen LogP contribution in [0.4, 0.5) is 0 Å². The van der Waals surface area contributed by atoms with Gasteiger partial charge in [-0.05, 0) is 44.2 Å². The number of nitrogens with two attached hydrogens (primary N) is 1. The van der Waals surface area contributed by atoms with E-state index in [4.69, 9.17) is 17.3 Å². The van der Waals surface area contributed by atoms with Gasteiger partial charge in [0.1, 0.15) is 5.54 Å². The minimum atomic E-state index is -1.46. The number of aromatic nitrogens is 2. The summed E-state index contributed by atoms with van der Waals surface area (Å²) in [5.74, 6) is -1.45. The minimum Gasteiger partial charge on any atom is -0.359 e. The van der Waals surface area contributed by atoms with E-state index in [1.54, 1.807) is 31.3 Å². The van der Waals surface area contributed by atoms with Gasteiger partial charge in [-0.15, -0.1) is 23.7 Å². The molecule has 5 rings (SSSR count). The third kappa shape index (κ3) is 4.76. The highest BCUT2D eigenvalue weighted by Gasteiger charge is 2.53.